The number of carbonyl (C=O) groups is 1. The Morgan fingerprint density at radius 2 is 2.25 bits per heavy atom. The molecule has 0 bridgehead atoms. The topological polar surface area (TPSA) is 68.5 Å². The number of thiophene rings is 1. The molecule has 1 unspecified atom stereocenters. The van der Waals surface area contributed by atoms with Crippen LogP contribution in [0.15, 0.2) is 22.7 Å². The summed E-state index contributed by atoms with van der Waals surface area (Å²) >= 11 is 1.29. The molecule has 6 nitrogen and oxygen atoms in total. The molecule has 0 radical (unpaired) electrons. The minimum absolute atomic E-state index is 0.0799. The highest BCUT2D eigenvalue weighted by Gasteiger charge is 2.29. The fourth-order valence-corrected chi connectivity index (χ4v) is 4.42. The summed E-state index contributed by atoms with van der Waals surface area (Å²) in [4.78, 5) is 19.6. The van der Waals surface area contributed by atoms with E-state index in [-0.39, 0.29) is 28.5 Å². The van der Waals surface area contributed by atoms with E-state index in [0.29, 0.717) is 34.4 Å². The maximum Gasteiger partial charge on any atom is 0.264 e. The Hall–Kier alpha value is -2.55. The number of piperidine rings is 1. The molecule has 1 fully saturated rings. The first kappa shape index (κ1) is 18.8. The molecule has 3 aromatic heterocycles. The number of ether oxygens (including phenoxy) is 1. The number of pyridine rings is 1. The number of carbonyl (C=O) groups excluding carboxylic acids is 1. The molecule has 3 aromatic rings. The smallest absolute Gasteiger partial charge is 0.264 e. The summed E-state index contributed by atoms with van der Waals surface area (Å²) in [5.74, 6) is -0.212. The Balaban J connectivity index is 1.61. The minimum atomic E-state index is -2.65. The molecule has 148 valence electrons. The number of hydrogen-bond acceptors (Lipinski definition) is 6. The van der Waals surface area contributed by atoms with Gasteiger partial charge in [-0.15, -0.1) is 0 Å². The highest BCUT2D eigenvalue weighted by Crippen LogP contribution is 2.35. The Morgan fingerprint density at radius 3 is 2.96 bits per heavy atom. The first-order chi connectivity index (χ1) is 13.5. The average Bonchev–Trinajstić information content (AvgIpc) is 3.34. The summed E-state index contributed by atoms with van der Waals surface area (Å²) in [6, 6.07) is 4.94. The van der Waals surface area contributed by atoms with E-state index in [4.69, 9.17) is 9.26 Å². The van der Waals surface area contributed by atoms with Gasteiger partial charge in [0.15, 0.2) is 5.06 Å². The van der Waals surface area contributed by atoms with Crippen molar-refractivity contribution < 1.29 is 22.8 Å². The third-order valence-electron chi connectivity index (χ3n) is 5.02. The van der Waals surface area contributed by atoms with Crippen molar-refractivity contribution in [2.24, 2.45) is 0 Å². The number of amides is 1. The molecule has 1 atom stereocenters. The molecule has 0 N–H and O–H groups in total. The number of alkyl halides is 2. The average molecular weight is 407 g/mol. The minimum Gasteiger partial charge on any atom is -0.487 e. The van der Waals surface area contributed by atoms with Gasteiger partial charge in [-0.2, -0.15) is 0 Å². The van der Waals surface area contributed by atoms with Gasteiger partial charge in [-0.25, -0.2) is 13.8 Å². The van der Waals surface area contributed by atoms with Crippen LogP contribution in [-0.2, 0) is 0 Å². The summed E-state index contributed by atoms with van der Waals surface area (Å²) in [6.45, 7) is 2.67. The van der Waals surface area contributed by atoms with Gasteiger partial charge < -0.3 is 14.2 Å². The Labute approximate surface area is 164 Å². The number of aryl methyl sites for hydroxylation is 1. The first-order valence-corrected chi connectivity index (χ1v) is 9.77. The van der Waals surface area contributed by atoms with Crippen LogP contribution < -0.4 is 4.74 Å². The van der Waals surface area contributed by atoms with Crippen molar-refractivity contribution in [3.05, 3.63) is 40.0 Å². The third-order valence-corrected chi connectivity index (χ3v) is 6.06. The van der Waals surface area contributed by atoms with E-state index in [1.54, 1.807) is 31.1 Å². The van der Waals surface area contributed by atoms with Crippen LogP contribution in [-0.4, -0.2) is 41.1 Å². The summed E-state index contributed by atoms with van der Waals surface area (Å²) in [6.07, 6.45) is -1.11. The van der Waals surface area contributed by atoms with Crippen LogP contribution in [0.1, 0.15) is 51.8 Å². The second-order valence-electron chi connectivity index (χ2n) is 6.80. The zero-order chi connectivity index (χ0) is 19.8. The fraction of sp³-hybridized carbons (Fsp3) is 0.421. The lowest BCUT2D eigenvalue weighted by atomic mass is 9.92. The van der Waals surface area contributed by atoms with Gasteiger partial charge in [0.25, 0.3) is 18.0 Å². The number of fused-ring (bicyclic) bond motifs is 1. The van der Waals surface area contributed by atoms with E-state index < -0.39 is 6.43 Å². The normalized spacial score (nSPS) is 17.5. The molecule has 1 aliphatic rings. The standard InChI is InChI=1S/C19H19F2N3O3S/c1-10-16-12(17(20)21)8-13(22-18(16)27-23-10)11-4-3-7-24(9-11)19(25)14-5-6-15(26-2)28-14/h5-6,8,11,17H,3-4,7,9H2,1-2H3. The molecule has 4 rings (SSSR count). The van der Waals surface area contributed by atoms with E-state index in [9.17, 15) is 13.6 Å². The number of methoxy groups -OCH3 is 1. The van der Waals surface area contributed by atoms with Gasteiger partial charge in [0.1, 0.15) is 0 Å². The lowest BCUT2D eigenvalue weighted by Crippen LogP contribution is -2.39. The highest BCUT2D eigenvalue weighted by molar-refractivity contribution is 7.15. The molecule has 0 saturated carbocycles. The molecule has 1 amide bonds. The van der Waals surface area contributed by atoms with Crippen molar-refractivity contribution in [3.63, 3.8) is 0 Å². The SMILES string of the molecule is COc1ccc(C(=O)N2CCCC(c3cc(C(F)F)c4c(C)noc4n3)C2)s1. The molecule has 1 saturated heterocycles. The van der Waals surface area contributed by atoms with Crippen LogP contribution in [0, 0.1) is 6.92 Å². The molecule has 4 heterocycles. The van der Waals surface area contributed by atoms with Crippen molar-refractivity contribution in [1.29, 1.82) is 0 Å². The first-order valence-electron chi connectivity index (χ1n) is 8.96. The number of aromatic nitrogens is 2. The largest absolute Gasteiger partial charge is 0.487 e. The van der Waals surface area contributed by atoms with Gasteiger partial charge in [-0.05, 0) is 38.0 Å². The maximum atomic E-state index is 13.6. The highest BCUT2D eigenvalue weighted by atomic mass is 32.1. The lowest BCUT2D eigenvalue weighted by molar-refractivity contribution is 0.0710. The predicted molar refractivity (Wildman–Crippen MR) is 100 cm³/mol. The summed E-state index contributed by atoms with van der Waals surface area (Å²) in [5, 5.41) is 4.72. The number of rotatable bonds is 4. The zero-order valence-electron chi connectivity index (χ0n) is 15.4. The summed E-state index contributed by atoms with van der Waals surface area (Å²) in [5.41, 5.74) is 0.915. The van der Waals surface area contributed by atoms with Gasteiger partial charge in [0.05, 0.1) is 23.1 Å². The monoisotopic (exact) mass is 407 g/mol. The van der Waals surface area contributed by atoms with Crippen molar-refractivity contribution in [1.82, 2.24) is 15.0 Å². The van der Waals surface area contributed by atoms with Gasteiger partial charge in [-0.1, -0.05) is 16.5 Å². The molecule has 1 aliphatic heterocycles. The Kier molecular flexibility index (Phi) is 5.01. The van der Waals surface area contributed by atoms with E-state index in [2.05, 4.69) is 10.1 Å². The molecular weight excluding hydrogens is 388 g/mol. The van der Waals surface area contributed by atoms with Gasteiger partial charge in [0, 0.05) is 30.3 Å². The van der Waals surface area contributed by atoms with E-state index in [0.717, 1.165) is 12.8 Å². The summed E-state index contributed by atoms with van der Waals surface area (Å²) < 4.78 is 37.5. The van der Waals surface area contributed by atoms with Crippen molar-refractivity contribution in [2.45, 2.75) is 32.1 Å². The zero-order valence-corrected chi connectivity index (χ0v) is 16.3. The fourth-order valence-electron chi connectivity index (χ4n) is 3.63. The van der Waals surface area contributed by atoms with Crippen molar-refractivity contribution in [3.8, 4) is 5.06 Å². The second kappa shape index (κ2) is 7.46. The molecule has 0 aromatic carbocycles. The van der Waals surface area contributed by atoms with E-state index in [1.165, 1.54) is 17.4 Å². The third kappa shape index (κ3) is 3.34. The van der Waals surface area contributed by atoms with Crippen LogP contribution in [0.25, 0.3) is 11.1 Å². The molecule has 28 heavy (non-hydrogen) atoms. The van der Waals surface area contributed by atoms with E-state index in [1.807, 2.05) is 0 Å². The Morgan fingerprint density at radius 1 is 1.43 bits per heavy atom. The molecule has 0 aliphatic carbocycles. The number of nitrogens with zero attached hydrogens (tertiary/aromatic N) is 3. The van der Waals surface area contributed by atoms with Gasteiger partial charge >= 0.3 is 0 Å². The van der Waals surface area contributed by atoms with Crippen molar-refractivity contribution in [2.75, 3.05) is 20.2 Å². The molecule has 9 heteroatoms. The quantitative estimate of drug-likeness (QED) is 0.634. The van der Waals surface area contributed by atoms with Crippen LogP contribution in [0.5, 0.6) is 5.06 Å². The van der Waals surface area contributed by atoms with Gasteiger partial charge in [0.2, 0.25) is 0 Å². The van der Waals surface area contributed by atoms with Crippen LogP contribution >= 0.6 is 11.3 Å². The van der Waals surface area contributed by atoms with Gasteiger partial charge in [-0.3, -0.25) is 4.79 Å². The summed E-state index contributed by atoms with van der Waals surface area (Å²) in [7, 11) is 1.56. The van der Waals surface area contributed by atoms with Crippen LogP contribution in [0.2, 0.25) is 0 Å². The Bertz CT molecular complexity index is 1020. The second-order valence-corrected chi connectivity index (χ2v) is 7.84. The molecular formula is C19H19F2N3O3S. The predicted octanol–water partition coefficient (Wildman–Crippen LogP) is 4.56. The van der Waals surface area contributed by atoms with E-state index >= 15 is 0 Å². The number of hydrogen-bond donors (Lipinski definition) is 0. The number of halogens is 2. The number of likely N-dealkylation sites (tertiary alicyclic amines) is 1. The van der Waals surface area contributed by atoms with Crippen LogP contribution in [0.4, 0.5) is 8.78 Å². The molecule has 0 spiro atoms. The van der Waals surface area contributed by atoms with Crippen molar-refractivity contribution >= 4 is 28.3 Å². The maximum absolute atomic E-state index is 13.6. The van der Waals surface area contributed by atoms with Crippen LogP contribution in [0.3, 0.4) is 0 Å². The lowest BCUT2D eigenvalue weighted by Gasteiger charge is -2.32.